The maximum Gasteiger partial charge on any atom is 0.0807 e. The molecule has 0 amide bonds. The van der Waals surface area contributed by atoms with Crippen molar-refractivity contribution >= 4 is 0 Å². The number of ether oxygens (including phenoxy) is 2. The van der Waals surface area contributed by atoms with Crippen molar-refractivity contribution in [3.63, 3.8) is 0 Å². The minimum atomic E-state index is 0.0443. The third-order valence-corrected chi connectivity index (χ3v) is 3.55. The molecule has 1 saturated carbocycles. The first kappa shape index (κ1) is 15.9. The summed E-state index contributed by atoms with van der Waals surface area (Å²) >= 11 is 0. The van der Waals surface area contributed by atoms with Gasteiger partial charge in [0.25, 0.3) is 0 Å². The van der Waals surface area contributed by atoms with Gasteiger partial charge in [0.2, 0.25) is 0 Å². The van der Waals surface area contributed by atoms with Crippen molar-refractivity contribution in [3.05, 3.63) is 0 Å². The van der Waals surface area contributed by atoms with Crippen LogP contribution in [-0.4, -0.2) is 37.5 Å². The summed E-state index contributed by atoms with van der Waals surface area (Å²) in [5.74, 6) is 0. The summed E-state index contributed by atoms with van der Waals surface area (Å²) in [6.45, 7) is 11.8. The fourth-order valence-electron chi connectivity index (χ4n) is 2.46. The van der Waals surface area contributed by atoms with Gasteiger partial charge in [0.1, 0.15) is 0 Å². The Labute approximate surface area is 113 Å². The van der Waals surface area contributed by atoms with Gasteiger partial charge in [-0.25, -0.2) is 0 Å². The van der Waals surface area contributed by atoms with Gasteiger partial charge in [0.05, 0.1) is 18.8 Å². The van der Waals surface area contributed by atoms with Crippen molar-refractivity contribution in [2.24, 2.45) is 0 Å². The second-order valence-corrected chi connectivity index (χ2v) is 6.39. The van der Waals surface area contributed by atoms with Crippen molar-refractivity contribution in [1.29, 1.82) is 0 Å². The number of hydrogen-bond acceptors (Lipinski definition) is 3. The molecule has 0 aromatic heterocycles. The fraction of sp³-hybridized carbons (Fsp3) is 1.00. The molecule has 3 heteroatoms. The van der Waals surface area contributed by atoms with E-state index in [9.17, 15) is 0 Å². The lowest BCUT2D eigenvalue weighted by Crippen LogP contribution is -2.50. The van der Waals surface area contributed by atoms with Gasteiger partial charge in [-0.3, -0.25) is 0 Å². The molecule has 0 aromatic carbocycles. The molecule has 0 atom stereocenters. The molecule has 1 aliphatic carbocycles. The summed E-state index contributed by atoms with van der Waals surface area (Å²) in [7, 11) is 0. The summed E-state index contributed by atoms with van der Waals surface area (Å²) in [5, 5.41) is 3.61. The van der Waals surface area contributed by atoms with Crippen molar-refractivity contribution in [2.45, 2.75) is 70.9 Å². The molecule has 1 aliphatic rings. The predicted molar refractivity (Wildman–Crippen MR) is 76.0 cm³/mol. The summed E-state index contributed by atoms with van der Waals surface area (Å²) in [5.41, 5.74) is 0.205. The third-order valence-electron chi connectivity index (χ3n) is 3.55. The molecule has 0 unspecified atom stereocenters. The number of rotatable bonds is 7. The second kappa shape index (κ2) is 7.46. The summed E-state index contributed by atoms with van der Waals surface area (Å²) in [6, 6.07) is 0. The van der Waals surface area contributed by atoms with Gasteiger partial charge in [-0.15, -0.1) is 0 Å². The smallest absolute Gasteiger partial charge is 0.0807 e. The van der Waals surface area contributed by atoms with E-state index >= 15 is 0 Å². The Morgan fingerprint density at radius 1 is 1.06 bits per heavy atom. The Bertz CT molecular complexity index is 217. The zero-order valence-corrected chi connectivity index (χ0v) is 12.7. The Hall–Kier alpha value is -0.120. The van der Waals surface area contributed by atoms with Crippen LogP contribution in [0.2, 0.25) is 0 Å². The minimum absolute atomic E-state index is 0.0443. The van der Waals surface area contributed by atoms with E-state index in [1.165, 1.54) is 32.1 Å². The Balaban J connectivity index is 2.41. The first-order chi connectivity index (χ1) is 8.47. The second-order valence-electron chi connectivity index (χ2n) is 6.39. The van der Waals surface area contributed by atoms with Gasteiger partial charge < -0.3 is 14.8 Å². The van der Waals surface area contributed by atoms with Crippen LogP contribution in [-0.2, 0) is 9.47 Å². The van der Waals surface area contributed by atoms with E-state index in [-0.39, 0.29) is 11.1 Å². The molecule has 0 heterocycles. The van der Waals surface area contributed by atoms with Gasteiger partial charge >= 0.3 is 0 Å². The molecule has 1 fully saturated rings. The predicted octanol–water partition coefficient (Wildman–Crippen LogP) is 3.13. The molecule has 0 bridgehead atoms. The van der Waals surface area contributed by atoms with E-state index in [2.05, 4.69) is 26.1 Å². The van der Waals surface area contributed by atoms with Crippen LogP contribution < -0.4 is 5.32 Å². The average Bonchev–Trinajstić information content (AvgIpc) is 2.33. The lowest BCUT2D eigenvalue weighted by Gasteiger charge is -2.39. The van der Waals surface area contributed by atoms with Crippen LogP contribution in [0, 0.1) is 0 Å². The molecule has 18 heavy (non-hydrogen) atoms. The largest absolute Gasteiger partial charge is 0.379 e. The van der Waals surface area contributed by atoms with Crippen LogP contribution in [0.4, 0.5) is 0 Å². The van der Waals surface area contributed by atoms with E-state index in [0.29, 0.717) is 6.61 Å². The summed E-state index contributed by atoms with van der Waals surface area (Å²) < 4.78 is 11.6. The molecule has 108 valence electrons. The van der Waals surface area contributed by atoms with Crippen molar-refractivity contribution < 1.29 is 9.47 Å². The van der Waals surface area contributed by atoms with Crippen molar-refractivity contribution in [1.82, 2.24) is 5.32 Å². The third kappa shape index (κ3) is 6.17. The summed E-state index contributed by atoms with van der Waals surface area (Å²) in [4.78, 5) is 0. The van der Waals surface area contributed by atoms with Crippen LogP contribution in [0.3, 0.4) is 0 Å². The van der Waals surface area contributed by atoms with Gasteiger partial charge in [-0.2, -0.15) is 0 Å². The molecule has 3 nitrogen and oxygen atoms in total. The molecule has 0 aliphatic heterocycles. The molecule has 1 N–H and O–H groups in total. The van der Waals surface area contributed by atoms with Crippen LogP contribution >= 0.6 is 0 Å². The SMILES string of the molecule is CCOCCOC1(CNC(C)(C)C)CCCCC1. The standard InChI is InChI=1S/C15H31NO2/c1-5-17-11-12-18-15(9-7-6-8-10-15)13-16-14(2,3)4/h16H,5-13H2,1-4H3. The molecular formula is C15H31NO2. The Morgan fingerprint density at radius 3 is 2.28 bits per heavy atom. The van der Waals surface area contributed by atoms with Crippen LogP contribution in [0.5, 0.6) is 0 Å². The highest BCUT2D eigenvalue weighted by molar-refractivity contribution is 4.89. The molecule has 1 rings (SSSR count). The van der Waals surface area contributed by atoms with Crippen LogP contribution in [0.25, 0.3) is 0 Å². The normalized spacial score (nSPS) is 20.0. The molecule has 0 spiro atoms. The maximum atomic E-state index is 6.18. The Kier molecular flexibility index (Phi) is 6.61. The number of nitrogens with one attached hydrogen (secondary N) is 1. The van der Waals surface area contributed by atoms with E-state index < -0.39 is 0 Å². The molecule has 0 aromatic rings. The molecular weight excluding hydrogens is 226 g/mol. The van der Waals surface area contributed by atoms with Crippen molar-refractivity contribution in [2.75, 3.05) is 26.4 Å². The van der Waals surface area contributed by atoms with Gasteiger partial charge in [0.15, 0.2) is 0 Å². The first-order valence-corrected chi connectivity index (χ1v) is 7.44. The van der Waals surface area contributed by atoms with E-state index in [4.69, 9.17) is 9.47 Å². The maximum absolute atomic E-state index is 6.18. The van der Waals surface area contributed by atoms with Crippen molar-refractivity contribution in [3.8, 4) is 0 Å². The van der Waals surface area contributed by atoms with E-state index in [1.807, 2.05) is 6.92 Å². The quantitative estimate of drug-likeness (QED) is 0.711. The molecule has 0 radical (unpaired) electrons. The fourth-order valence-corrected chi connectivity index (χ4v) is 2.46. The molecule has 0 saturated heterocycles. The zero-order chi connectivity index (χ0) is 13.5. The summed E-state index contributed by atoms with van der Waals surface area (Å²) in [6.07, 6.45) is 6.30. The van der Waals surface area contributed by atoms with Gasteiger partial charge in [-0.05, 0) is 40.5 Å². The lowest BCUT2D eigenvalue weighted by atomic mass is 9.84. The van der Waals surface area contributed by atoms with E-state index in [0.717, 1.165) is 19.8 Å². The monoisotopic (exact) mass is 257 g/mol. The van der Waals surface area contributed by atoms with Crippen LogP contribution in [0.15, 0.2) is 0 Å². The topological polar surface area (TPSA) is 30.5 Å². The minimum Gasteiger partial charge on any atom is -0.379 e. The average molecular weight is 257 g/mol. The highest BCUT2D eigenvalue weighted by atomic mass is 16.5. The van der Waals surface area contributed by atoms with Crippen LogP contribution in [0.1, 0.15) is 59.8 Å². The van der Waals surface area contributed by atoms with Gasteiger partial charge in [0, 0.05) is 18.7 Å². The Morgan fingerprint density at radius 2 is 1.72 bits per heavy atom. The highest BCUT2D eigenvalue weighted by Crippen LogP contribution is 2.31. The highest BCUT2D eigenvalue weighted by Gasteiger charge is 2.33. The zero-order valence-electron chi connectivity index (χ0n) is 12.7. The van der Waals surface area contributed by atoms with Gasteiger partial charge in [-0.1, -0.05) is 19.3 Å². The first-order valence-electron chi connectivity index (χ1n) is 7.44. The lowest BCUT2D eigenvalue weighted by molar-refractivity contribution is -0.0877. The number of hydrogen-bond donors (Lipinski definition) is 1. The van der Waals surface area contributed by atoms with E-state index in [1.54, 1.807) is 0 Å².